The van der Waals surface area contributed by atoms with E-state index in [9.17, 15) is 9.59 Å². The molecule has 2 atom stereocenters. The van der Waals surface area contributed by atoms with Crippen LogP contribution in [-0.4, -0.2) is 31.8 Å². The van der Waals surface area contributed by atoms with Crippen LogP contribution in [0.15, 0.2) is 27.8 Å². The zero-order valence-electron chi connectivity index (χ0n) is 17.5. The van der Waals surface area contributed by atoms with Crippen molar-refractivity contribution in [2.24, 2.45) is 25.9 Å². The second kappa shape index (κ2) is 7.78. The number of aryl methyl sites for hydroxylation is 1. The molecule has 160 valence electrons. The van der Waals surface area contributed by atoms with E-state index in [1.165, 1.54) is 11.6 Å². The maximum atomic E-state index is 13.1. The van der Waals surface area contributed by atoms with Gasteiger partial charge in [0.15, 0.2) is 11.2 Å². The number of imidazole rings is 1. The molecule has 30 heavy (non-hydrogen) atoms. The fourth-order valence-corrected chi connectivity index (χ4v) is 4.94. The quantitative estimate of drug-likeness (QED) is 0.615. The van der Waals surface area contributed by atoms with Crippen molar-refractivity contribution in [2.75, 3.05) is 18.0 Å². The zero-order valence-corrected chi connectivity index (χ0v) is 19.0. The molecule has 9 heteroatoms. The van der Waals surface area contributed by atoms with E-state index in [1.54, 1.807) is 19.2 Å². The fraction of sp³-hybridized carbons (Fsp3) is 0.476. The van der Waals surface area contributed by atoms with E-state index in [-0.39, 0.29) is 5.56 Å². The molecule has 0 bridgehead atoms. The smallest absolute Gasteiger partial charge is 0.332 e. The van der Waals surface area contributed by atoms with Crippen molar-refractivity contribution in [3.05, 3.63) is 54.6 Å². The van der Waals surface area contributed by atoms with E-state index >= 15 is 0 Å². The topological polar surface area (TPSA) is 65.1 Å². The Labute approximate surface area is 184 Å². The van der Waals surface area contributed by atoms with Crippen LogP contribution in [0.25, 0.3) is 11.2 Å². The summed E-state index contributed by atoms with van der Waals surface area (Å²) in [4.78, 5) is 32.6. The van der Waals surface area contributed by atoms with E-state index in [0.29, 0.717) is 45.5 Å². The van der Waals surface area contributed by atoms with E-state index in [2.05, 4.69) is 18.7 Å². The Morgan fingerprint density at radius 1 is 1.07 bits per heavy atom. The Morgan fingerprint density at radius 3 is 2.37 bits per heavy atom. The molecule has 0 saturated carbocycles. The van der Waals surface area contributed by atoms with E-state index in [4.69, 9.17) is 28.2 Å². The first-order chi connectivity index (χ1) is 14.2. The number of benzene rings is 1. The molecule has 1 aromatic carbocycles. The largest absolute Gasteiger partial charge is 0.342 e. The molecule has 1 fully saturated rings. The molecule has 2 unspecified atom stereocenters. The predicted octanol–water partition coefficient (Wildman–Crippen LogP) is 3.27. The summed E-state index contributed by atoms with van der Waals surface area (Å²) in [6.45, 7) is 6.49. The highest BCUT2D eigenvalue weighted by atomic mass is 35.5. The van der Waals surface area contributed by atoms with Gasteiger partial charge in [-0.3, -0.25) is 18.5 Å². The summed E-state index contributed by atoms with van der Waals surface area (Å²) in [7, 11) is 3.13. The molecule has 0 amide bonds. The minimum absolute atomic E-state index is 0.356. The van der Waals surface area contributed by atoms with Crippen molar-refractivity contribution in [3.8, 4) is 0 Å². The van der Waals surface area contributed by atoms with Crippen molar-refractivity contribution >= 4 is 40.3 Å². The van der Waals surface area contributed by atoms with Gasteiger partial charge in [-0.2, -0.15) is 4.98 Å². The van der Waals surface area contributed by atoms with Crippen LogP contribution in [0.2, 0.25) is 10.0 Å². The minimum Gasteiger partial charge on any atom is -0.342 e. The van der Waals surface area contributed by atoms with Gasteiger partial charge in [0.1, 0.15) is 0 Å². The van der Waals surface area contributed by atoms with Crippen LogP contribution in [0.1, 0.15) is 25.8 Å². The number of halogens is 2. The first kappa shape index (κ1) is 21.0. The molecule has 0 radical (unpaired) electrons. The SMILES string of the molecule is CC1CC(C)CN(c2nc3c(c(=O)n(C)c(=O)n3C)n2Cc2ccc(Cl)cc2Cl)C1. The van der Waals surface area contributed by atoms with Gasteiger partial charge in [0.2, 0.25) is 5.95 Å². The Morgan fingerprint density at radius 2 is 1.73 bits per heavy atom. The molecule has 3 aromatic rings. The highest BCUT2D eigenvalue weighted by Crippen LogP contribution is 2.30. The van der Waals surface area contributed by atoms with Crippen molar-refractivity contribution in [3.63, 3.8) is 0 Å². The molecule has 1 aliphatic rings. The van der Waals surface area contributed by atoms with Gasteiger partial charge in [-0.25, -0.2) is 4.79 Å². The molecule has 0 spiro atoms. The van der Waals surface area contributed by atoms with Gasteiger partial charge in [0.25, 0.3) is 5.56 Å². The molecular formula is C21H25Cl2N5O2. The van der Waals surface area contributed by atoms with Crippen LogP contribution < -0.4 is 16.1 Å². The summed E-state index contributed by atoms with van der Waals surface area (Å²) in [5, 5.41) is 1.08. The normalized spacial score (nSPS) is 19.6. The Bertz CT molecular complexity index is 1230. The number of rotatable bonds is 3. The van der Waals surface area contributed by atoms with Crippen molar-refractivity contribution in [2.45, 2.75) is 26.8 Å². The first-order valence-electron chi connectivity index (χ1n) is 10.0. The predicted molar refractivity (Wildman–Crippen MR) is 121 cm³/mol. The Kier molecular flexibility index (Phi) is 5.45. The summed E-state index contributed by atoms with van der Waals surface area (Å²) in [5.74, 6) is 1.70. The lowest BCUT2D eigenvalue weighted by Crippen LogP contribution is -2.40. The molecule has 7 nitrogen and oxygen atoms in total. The average Bonchev–Trinajstić information content (AvgIpc) is 3.05. The van der Waals surface area contributed by atoms with Crippen LogP contribution in [-0.2, 0) is 20.6 Å². The molecule has 0 aliphatic carbocycles. The summed E-state index contributed by atoms with van der Waals surface area (Å²) in [6.07, 6.45) is 1.15. The van der Waals surface area contributed by atoms with Crippen LogP contribution in [0.4, 0.5) is 5.95 Å². The number of nitrogens with zero attached hydrogens (tertiary/aromatic N) is 5. The van der Waals surface area contributed by atoms with Gasteiger partial charge in [0.05, 0.1) is 6.54 Å². The Hall–Kier alpha value is -2.25. The van der Waals surface area contributed by atoms with Crippen molar-refractivity contribution < 1.29 is 0 Å². The number of hydrogen-bond acceptors (Lipinski definition) is 4. The van der Waals surface area contributed by atoms with Gasteiger partial charge in [-0.05, 0) is 36.0 Å². The maximum absolute atomic E-state index is 13.1. The number of piperidine rings is 1. The molecule has 3 heterocycles. The van der Waals surface area contributed by atoms with Crippen LogP contribution in [0, 0.1) is 11.8 Å². The molecule has 1 aliphatic heterocycles. The summed E-state index contributed by atoms with van der Waals surface area (Å²) in [5.41, 5.74) is 0.847. The van der Waals surface area contributed by atoms with E-state index < -0.39 is 5.69 Å². The number of hydrogen-bond donors (Lipinski definition) is 0. The fourth-order valence-electron chi connectivity index (χ4n) is 4.47. The van der Waals surface area contributed by atoms with Crippen LogP contribution in [0.5, 0.6) is 0 Å². The van der Waals surface area contributed by atoms with Crippen LogP contribution in [0.3, 0.4) is 0 Å². The summed E-state index contributed by atoms with van der Waals surface area (Å²) in [6, 6.07) is 5.32. The van der Waals surface area contributed by atoms with Gasteiger partial charge < -0.3 is 4.90 Å². The monoisotopic (exact) mass is 449 g/mol. The van der Waals surface area contributed by atoms with Gasteiger partial charge in [0, 0.05) is 37.2 Å². The second-order valence-corrected chi connectivity index (χ2v) is 9.31. The minimum atomic E-state index is -0.395. The van der Waals surface area contributed by atoms with Crippen molar-refractivity contribution in [1.29, 1.82) is 0 Å². The molecule has 1 saturated heterocycles. The summed E-state index contributed by atoms with van der Waals surface area (Å²) >= 11 is 12.5. The van der Waals surface area contributed by atoms with Crippen molar-refractivity contribution in [1.82, 2.24) is 18.7 Å². The Balaban J connectivity index is 1.97. The molecular weight excluding hydrogens is 425 g/mol. The third kappa shape index (κ3) is 3.54. The van der Waals surface area contributed by atoms with E-state index in [0.717, 1.165) is 29.6 Å². The van der Waals surface area contributed by atoms with Gasteiger partial charge >= 0.3 is 5.69 Å². The van der Waals surface area contributed by atoms with Crippen LogP contribution >= 0.6 is 23.2 Å². The summed E-state index contributed by atoms with van der Waals surface area (Å²) < 4.78 is 4.43. The van der Waals surface area contributed by atoms with Gasteiger partial charge in [-0.1, -0.05) is 43.1 Å². The first-order valence-corrected chi connectivity index (χ1v) is 10.8. The lowest BCUT2D eigenvalue weighted by molar-refractivity contribution is 0.352. The number of fused-ring (bicyclic) bond motifs is 1. The molecule has 4 rings (SSSR count). The third-order valence-corrected chi connectivity index (χ3v) is 6.41. The third-order valence-electron chi connectivity index (χ3n) is 5.82. The number of anilines is 1. The highest BCUT2D eigenvalue weighted by molar-refractivity contribution is 6.35. The highest BCUT2D eigenvalue weighted by Gasteiger charge is 2.28. The maximum Gasteiger partial charge on any atom is 0.332 e. The average molecular weight is 450 g/mol. The second-order valence-electron chi connectivity index (χ2n) is 8.46. The number of aromatic nitrogens is 4. The lowest BCUT2D eigenvalue weighted by atomic mass is 9.92. The zero-order chi connectivity index (χ0) is 21.7. The standard InChI is InChI=1S/C21H25Cl2N5O2/c1-12-7-13(2)10-27(9-12)20-24-18-17(19(29)26(4)21(30)25(18)3)28(20)11-14-5-6-15(22)8-16(14)23/h5-6,8,12-13H,7,9-11H2,1-4H3. The molecule has 0 N–H and O–H groups in total. The molecule has 2 aromatic heterocycles. The van der Waals surface area contributed by atoms with Gasteiger partial charge in [-0.15, -0.1) is 0 Å². The lowest BCUT2D eigenvalue weighted by Gasteiger charge is -2.35. The van der Waals surface area contributed by atoms with E-state index in [1.807, 2.05) is 10.6 Å².